The van der Waals surface area contributed by atoms with Crippen LogP contribution in [0.25, 0.3) is 0 Å². The van der Waals surface area contributed by atoms with Crippen LogP contribution in [0.15, 0.2) is 0 Å². The molecular formula is C15H32N2. The SMILES string of the molecule is CCC(N)C(C)N(CCC(C)C)C1CCCC1. The molecule has 1 aliphatic rings. The third-order valence-corrected chi connectivity index (χ3v) is 4.37. The van der Waals surface area contributed by atoms with E-state index in [2.05, 4.69) is 32.6 Å². The van der Waals surface area contributed by atoms with Gasteiger partial charge in [-0.3, -0.25) is 4.90 Å². The number of hydrogen-bond acceptors (Lipinski definition) is 2. The van der Waals surface area contributed by atoms with E-state index >= 15 is 0 Å². The average Bonchev–Trinajstić information content (AvgIpc) is 2.81. The molecule has 0 amide bonds. The molecule has 1 aliphatic carbocycles. The number of nitrogens with zero attached hydrogens (tertiary/aromatic N) is 1. The van der Waals surface area contributed by atoms with E-state index in [4.69, 9.17) is 5.73 Å². The zero-order chi connectivity index (χ0) is 12.8. The van der Waals surface area contributed by atoms with Crippen molar-refractivity contribution in [2.45, 2.75) is 84.3 Å². The fraction of sp³-hybridized carbons (Fsp3) is 1.00. The lowest BCUT2D eigenvalue weighted by atomic mass is 10.0. The zero-order valence-electron chi connectivity index (χ0n) is 12.3. The van der Waals surface area contributed by atoms with Crippen molar-refractivity contribution in [2.24, 2.45) is 11.7 Å². The monoisotopic (exact) mass is 240 g/mol. The van der Waals surface area contributed by atoms with E-state index < -0.39 is 0 Å². The summed E-state index contributed by atoms with van der Waals surface area (Å²) in [7, 11) is 0. The first-order valence-corrected chi connectivity index (χ1v) is 7.57. The Balaban J connectivity index is 2.56. The van der Waals surface area contributed by atoms with Crippen LogP contribution in [-0.2, 0) is 0 Å². The zero-order valence-corrected chi connectivity index (χ0v) is 12.3. The van der Waals surface area contributed by atoms with Crippen molar-refractivity contribution in [3.63, 3.8) is 0 Å². The molecule has 0 aliphatic heterocycles. The van der Waals surface area contributed by atoms with E-state index in [1.54, 1.807) is 0 Å². The molecule has 2 atom stereocenters. The van der Waals surface area contributed by atoms with Gasteiger partial charge in [-0.2, -0.15) is 0 Å². The molecule has 102 valence electrons. The van der Waals surface area contributed by atoms with Crippen LogP contribution in [-0.4, -0.2) is 29.6 Å². The van der Waals surface area contributed by atoms with Crippen molar-refractivity contribution in [1.82, 2.24) is 4.90 Å². The maximum absolute atomic E-state index is 6.25. The van der Waals surface area contributed by atoms with E-state index in [1.807, 2.05) is 0 Å². The summed E-state index contributed by atoms with van der Waals surface area (Å²) in [6.07, 6.45) is 7.99. The van der Waals surface area contributed by atoms with Crippen molar-refractivity contribution in [1.29, 1.82) is 0 Å². The van der Waals surface area contributed by atoms with E-state index in [0.717, 1.165) is 18.4 Å². The molecule has 2 heteroatoms. The topological polar surface area (TPSA) is 29.3 Å². The Morgan fingerprint density at radius 2 is 1.76 bits per heavy atom. The molecule has 2 N–H and O–H groups in total. The van der Waals surface area contributed by atoms with E-state index in [9.17, 15) is 0 Å². The highest BCUT2D eigenvalue weighted by atomic mass is 15.2. The Morgan fingerprint density at radius 3 is 2.24 bits per heavy atom. The van der Waals surface area contributed by atoms with Crippen LogP contribution >= 0.6 is 0 Å². The van der Waals surface area contributed by atoms with E-state index in [0.29, 0.717) is 12.1 Å². The number of rotatable bonds is 7. The molecule has 0 aromatic carbocycles. The molecule has 17 heavy (non-hydrogen) atoms. The molecule has 0 aromatic rings. The maximum Gasteiger partial charge on any atom is 0.0221 e. The Morgan fingerprint density at radius 1 is 1.18 bits per heavy atom. The Bertz CT molecular complexity index is 197. The molecule has 0 aromatic heterocycles. The summed E-state index contributed by atoms with van der Waals surface area (Å²) in [5.41, 5.74) is 6.25. The Kier molecular flexibility index (Phi) is 6.50. The second-order valence-electron chi connectivity index (χ2n) is 6.17. The molecule has 0 heterocycles. The molecule has 0 bridgehead atoms. The summed E-state index contributed by atoms with van der Waals surface area (Å²) < 4.78 is 0. The predicted molar refractivity (Wildman–Crippen MR) is 76.1 cm³/mol. The largest absolute Gasteiger partial charge is 0.326 e. The van der Waals surface area contributed by atoms with Gasteiger partial charge in [-0.1, -0.05) is 33.6 Å². The molecule has 1 rings (SSSR count). The van der Waals surface area contributed by atoms with Gasteiger partial charge in [-0.25, -0.2) is 0 Å². The quantitative estimate of drug-likeness (QED) is 0.739. The summed E-state index contributed by atoms with van der Waals surface area (Å²) in [6, 6.07) is 1.69. The fourth-order valence-electron chi connectivity index (χ4n) is 2.95. The lowest BCUT2D eigenvalue weighted by Crippen LogP contribution is -2.50. The van der Waals surface area contributed by atoms with Gasteiger partial charge in [0, 0.05) is 18.1 Å². The maximum atomic E-state index is 6.25. The van der Waals surface area contributed by atoms with Crippen LogP contribution in [0.1, 0.15) is 66.2 Å². The number of hydrogen-bond donors (Lipinski definition) is 1. The van der Waals surface area contributed by atoms with E-state index in [-0.39, 0.29) is 0 Å². The van der Waals surface area contributed by atoms with Gasteiger partial charge in [-0.15, -0.1) is 0 Å². The average molecular weight is 240 g/mol. The molecule has 0 saturated heterocycles. The minimum Gasteiger partial charge on any atom is -0.326 e. The van der Waals surface area contributed by atoms with Gasteiger partial charge in [-0.05, 0) is 45.1 Å². The van der Waals surface area contributed by atoms with Gasteiger partial charge in [0.15, 0.2) is 0 Å². The smallest absolute Gasteiger partial charge is 0.0221 e. The first-order valence-electron chi connectivity index (χ1n) is 7.57. The third kappa shape index (κ3) is 4.59. The minimum atomic E-state index is 0.336. The van der Waals surface area contributed by atoms with Crippen molar-refractivity contribution >= 4 is 0 Å². The third-order valence-electron chi connectivity index (χ3n) is 4.37. The molecule has 0 spiro atoms. The summed E-state index contributed by atoms with van der Waals surface area (Å²) in [4.78, 5) is 2.71. The van der Waals surface area contributed by atoms with Crippen LogP contribution in [0.2, 0.25) is 0 Å². The van der Waals surface area contributed by atoms with Gasteiger partial charge < -0.3 is 5.73 Å². The van der Waals surface area contributed by atoms with Crippen molar-refractivity contribution < 1.29 is 0 Å². The Hall–Kier alpha value is -0.0800. The second-order valence-corrected chi connectivity index (χ2v) is 6.17. The molecular weight excluding hydrogens is 208 g/mol. The first kappa shape index (κ1) is 15.0. The molecule has 1 saturated carbocycles. The highest BCUT2D eigenvalue weighted by Crippen LogP contribution is 2.26. The minimum absolute atomic E-state index is 0.336. The van der Waals surface area contributed by atoms with Gasteiger partial charge in [0.25, 0.3) is 0 Å². The van der Waals surface area contributed by atoms with Gasteiger partial charge in [0.05, 0.1) is 0 Å². The second kappa shape index (κ2) is 7.38. The van der Waals surface area contributed by atoms with Crippen molar-refractivity contribution in [3.8, 4) is 0 Å². The molecule has 0 radical (unpaired) electrons. The lowest BCUT2D eigenvalue weighted by molar-refractivity contribution is 0.118. The van der Waals surface area contributed by atoms with Gasteiger partial charge in [0.1, 0.15) is 0 Å². The van der Waals surface area contributed by atoms with Crippen LogP contribution in [0.4, 0.5) is 0 Å². The molecule has 1 fully saturated rings. The van der Waals surface area contributed by atoms with Crippen LogP contribution in [0.3, 0.4) is 0 Å². The van der Waals surface area contributed by atoms with Gasteiger partial charge >= 0.3 is 0 Å². The standard InChI is InChI=1S/C15H32N2/c1-5-15(16)13(4)17(11-10-12(2)3)14-8-6-7-9-14/h12-15H,5-11,16H2,1-4H3. The summed E-state index contributed by atoms with van der Waals surface area (Å²) in [5.74, 6) is 0.795. The Labute approximate surface area is 108 Å². The van der Waals surface area contributed by atoms with Crippen molar-refractivity contribution in [3.05, 3.63) is 0 Å². The first-order chi connectivity index (χ1) is 8.06. The molecule has 2 nitrogen and oxygen atoms in total. The molecule has 2 unspecified atom stereocenters. The highest BCUT2D eigenvalue weighted by molar-refractivity contribution is 4.85. The normalized spacial score (nSPS) is 21.4. The summed E-state index contributed by atoms with van der Waals surface area (Å²) >= 11 is 0. The predicted octanol–water partition coefficient (Wildman–Crippen LogP) is 3.40. The van der Waals surface area contributed by atoms with Crippen LogP contribution in [0, 0.1) is 5.92 Å². The number of nitrogens with two attached hydrogens (primary N) is 1. The van der Waals surface area contributed by atoms with Crippen LogP contribution in [0.5, 0.6) is 0 Å². The van der Waals surface area contributed by atoms with E-state index in [1.165, 1.54) is 38.6 Å². The highest BCUT2D eigenvalue weighted by Gasteiger charge is 2.28. The van der Waals surface area contributed by atoms with Crippen molar-refractivity contribution in [2.75, 3.05) is 6.54 Å². The lowest BCUT2D eigenvalue weighted by Gasteiger charge is -2.37. The fourth-order valence-corrected chi connectivity index (χ4v) is 2.95. The summed E-state index contributed by atoms with van der Waals surface area (Å²) in [6.45, 7) is 10.4. The van der Waals surface area contributed by atoms with Gasteiger partial charge in [0.2, 0.25) is 0 Å². The summed E-state index contributed by atoms with van der Waals surface area (Å²) in [5, 5.41) is 0. The van der Waals surface area contributed by atoms with Crippen LogP contribution < -0.4 is 5.73 Å².